The highest BCUT2D eigenvalue weighted by Gasteiger charge is 2.26. The van der Waals surface area contributed by atoms with Crippen LogP contribution in [0.2, 0.25) is 0 Å². The molecule has 0 heterocycles. The van der Waals surface area contributed by atoms with Gasteiger partial charge in [0.05, 0.1) is 6.67 Å². The van der Waals surface area contributed by atoms with E-state index in [1.807, 2.05) is 6.92 Å². The SMILES string of the molecule is CCC(=O)C(C)[C@@H](CF)[C@@H](C)CN. The van der Waals surface area contributed by atoms with Crippen molar-refractivity contribution in [2.75, 3.05) is 13.2 Å². The van der Waals surface area contributed by atoms with Crippen LogP contribution in [-0.4, -0.2) is 19.0 Å². The maximum atomic E-state index is 12.6. The van der Waals surface area contributed by atoms with E-state index in [-0.39, 0.29) is 23.5 Å². The molecule has 2 nitrogen and oxygen atoms in total. The highest BCUT2D eigenvalue weighted by atomic mass is 19.1. The average molecular weight is 189 g/mol. The largest absolute Gasteiger partial charge is 0.330 e. The van der Waals surface area contributed by atoms with Crippen LogP contribution in [0.4, 0.5) is 4.39 Å². The van der Waals surface area contributed by atoms with Crippen molar-refractivity contribution in [1.29, 1.82) is 0 Å². The first-order valence-electron chi connectivity index (χ1n) is 4.87. The number of rotatable bonds is 6. The Balaban J connectivity index is 4.30. The lowest BCUT2D eigenvalue weighted by Crippen LogP contribution is -2.31. The van der Waals surface area contributed by atoms with Gasteiger partial charge in [0.25, 0.3) is 0 Å². The normalized spacial score (nSPS) is 17.9. The lowest BCUT2D eigenvalue weighted by molar-refractivity contribution is -0.124. The molecular formula is C10H20FNO. The minimum absolute atomic E-state index is 0.0792. The Bertz CT molecular complexity index is 161. The third kappa shape index (κ3) is 3.43. The number of carbonyl (C=O) groups is 1. The number of alkyl halides is 1. The highest BCUT2D eigenvalue weighted by Crippen LogP contribution is 2.22. The molecule has 0 aliphatic heterocycles. The van der Waals surface area contributed by atoms with E-state index in [9.17, 15) is 9.18 Å². The average Bonchev–Trinajstić information content (AvgIpc) is 2.17. The lowest BCUT2D eigenvalue weighted by atomic mass is 9.81. The molecule has 0 bridgehead atoms. The first-order chi connectivity index (χ1) is 6.08. The van der Waals surface area contributed by atoms with Gasteiger partial charge in [0.2, 0.25) is 0 Å². The molecule has 3 atom stereocenters. The molecule has 0 saturated carbocycles. The van der Waals surface area contributed by atoms with Gasteiger partial charge in [-0.05, 0) is 12.5 Å². The molecule has 2 N–H and O–H groups in total. The molecule has 1 unspecified atom stereocenters. The van der Waals surface area contributed by atoms with E-state index in [0.717, 1.165) is 0 Å². The van der Waals surface area contributed by atoms with Gasteiger partial charge in [-0.15, -0.1) is 0 Å². The molecule has 78 valence electrons. The molecule has 0 fully saturated rings. The van der Waals surface area contributed by atoms with Crippen molar-refractivity contribution in [2.45, 2.75) is 27.2 Å². The van der Waals surface area contributed by atoms with Crippen LogP contribution in [-0.2, 0) is 4.79 Å². The Hall–Kier alpha value is -0.440. The lowest BCUT2D eigenvalue weighted by Gasteiger charge is -2.24. The van der Waals surface area contributed by atoms with Gasteiger partial charge in [-0.1, -0.05) is 20.8 Å². The second kappa shape index (κ2) is 6.08. The molecule has 13 heavy (non-hydrogen) atoms. The molecule has 0 radical (unpaired) electrons. The van der Waals surface area contributed by atoms with Crippen LogP contribution < -0.4 is 5.73 Å². The fourth-order valence-corrected chi connectivity index (χ4v) is 1.51. The second-order valence-corrected chi connectivity index (χ2v) is 3.64. The van der Waals surface area contributed by atoms with Crippen LogP contribution in [0, 0.1) is 17.8 Å². The number of hydrogen-bond acceptors (Lipinski definition) is 2. The van der Waals surface area contributed by atoms with Gasteiger partial charge in [-0.2, -0.15) is 0 Å². The van der Waals surface area contributed by atoms with Gasteiger partial charge in [-0.3, -0.25) is 9.18 Å². The summed E-state index contributed by atoms with van der Waals surface area (Å²) in [5, 5.41) is 0. The maximum Gasteiger partial charge on any atom is 0.135 e. The van der Waals surface area contributed by atoms with E-state index in [4.69, 9.17) is 5.73 Å². The van der Waals surface area contributed by atoms with Gasteiger partial charge in [0.1, 0.15) is 5.78 Å². The van der Waals surface area contributed by atoms with Gasteiger partial charge >= 0.3 is 0 Å². The predicted molar refractivity (Wildman–Crippen MR) is 52.1 cm³/mol. The minimum Gasteiger partial charge on any atom is -0.330 e. The van der Waals surface area contributed by atoms with E-state index >= 15 is 0 Å². The van der Waals surface area contributed by atoms with Crippen molar-refractivity contribution < 1.29 is 9.18 Å². The number of Topliss-reactive ketones (excluding diaryl/α,β-unsaturated/α-hetero) is 1. The number of carbonyl (C=O) groups excluding carboxylic acids is 1. The van der Waals surface area contributed by atoms with E-state index in [0.29, 0.717) is 13.0 Å². The highest BCUT2D eigenvalue weighted by molar-refractivity contribution is 5.80. The molecule has 0 rings (SSSR count). The minimum atomic E-state index is -0.453. The van der Waals surface area contributed by atoms with Crippen molar-refractivity contribution in [1.82, 2.24) is 0 Å². The van der Waals surface area contributed by atoms with Crippen LogP contribution in [0.25, 0.3) is 0 Å². The van der Waals surface area contributed by atoms with E-state index in [2.05, 4.69) is 0 Å². The third-order valence-electron chi connectivity index (χ3n) is 2.78. The fourth-order valence-electron chi connectivity index (χ4n) is 1.51. The third-order valence-corrected chi connectivity index (χ3v) is 2.78. The van der Waals surface area contributed by atoms with Gasteiger partial charge in [0, 0.05) is 18.3 Å². The predicted octanol–water partition coefficient (Wildman–Crippen LogP) is 1.78. The summed E-state index contributed by atoms with van der Waals surface area (Å²) in [6.07, 6.45) is 0.481. The van der Waals surface area contributed by atoms with Crippen LogP contribution in [0.5, 0.6) is 0 Å². The van der Waals surface area contributed by atoms with Crippen LogP contribution in [0.15, 0.2) is 0 Å². The topological polar surface area (TPSA) is 43.1 Å². The summed E-state index contributed by atoms with van der Waals surface area (Å²) in [6, 6.07) is 0. The summed E-state index contributed by atoms with van der Waals surface area (Å²) in [7, 11) is 0. The standard InChI is InChI=1S/C10H20FNO/c1-4-10(13)8(3)9(5-11)7(2)6-12/h7-9H,4-6,12H2,1-3H3/t7-,8?,9-/m0/s1. The molecule has 0 aliphatic carbocycles. The summed E-state index contributed by atoms with van der Waals surface area (Å²) < 4.78 is 12.6. The van der Waals surface area contributed by atoms with Gasteiger partial charge in [-0.25, -0.2) is 0 Å². The van der Waals surface area contributed by atoms with Crippen LogP contribution in [0.3, 0.4) is 0 Å². The quantitative estimate of drug-likeness (QED) is 0.692. The van der Waals surface area contributed by atoms with E-state index in [1.165, 1.54) is 0 Å². The number of ketones is 1. The smallest absolute Gasteiger partial charge is 0.135 e. The molecule has 3 heteroatoms. The number of nitrogens with two attached hydrogens (primary N) is 1. The summed E-state index contributed by atoms with van der Waals surface area (Å²) >= 11 is 0. The molecule has 0 saturated heterocycles. The zero-order chi connectivity index (χ0) is 10.4. The van der Waals surface area contributed by atoms with Crippen molar-refractivity contribution in [3.05, 3.63) is 0 Å². The van der Waals surface area contributed by atoms with Crippen LogP contribution in [0.1, 0.15) is 27.2 Å². The van der Waals surface area contributed by atoms with Gasteiger partial charge < -0.3 is 5.73 Å². The molecule has 0 aromatic rings. The molecule has 0 aromatic carbocycles. The monoisotopic (exact) mass is 189 g/mol. The Morgan fingerprint density at radius 2 is 2.00 bits per heavy atom. The molecule has 0 aliphatic rings. The second-order valence-electron chi connectivity index (χ2n) is 3.64. The number of halogens is 1. The van der Waals surface area contributed by atoms with Crippen LogP contribution >= 0.6 is 0 Å². The van der Waals surface area contributed by atoms with Gasteiger partial charge in [0.15, 0.2) is 0 Å². The summed E-state index contributed by atoms with van der Waals surface area (Å²) in [5.74, 6) is -0.204. The van der Waals surface area contributed by atoms with Crippen molar-refractivity contribution in [2.24, 2.45) is 23.5 Å². The Morgan fingerprint density at radius 3 is 2.31 bits per heavy atom. The van der Waals surface area contributed by atoms with E-state index < -0.39 is 6.67 Å². The Kier molecular flexibility index (Phi) is 5.88. The number of hydrogen-bond donors (Lipinski definition) is 1. The Labute approximate surface area is 79.7 Å². The molecule has 0 aromatic heterocycles. The molecular weight excluding hydrogens is 169 g/mol. The molecule has 0 amide bonds. The molecule has 0 spiro atoms. The van der Waals surface area contributed by atoms with Crippen molar-refractivity contribution in [3.63, 3.8) is 0 Å². The summed E-state index contributed by atoms with van der Waals surface area (Å²) in [6.45, 7) is 5.48. The summed E-state index contributed by atoms with van der Waals surface area (Å²) in [5.41, 5.74) is 5.45. The first kappa shape index (κ1) is 12.6. The summed E-state index contributed by atoms with van der Waals surface area (Å²) in [4.78, 5) is 11.3. The van der Waals surface area contributed by atoms with Crippen molar-refractivity contribution >= 4 is 5.78 Å². The zero-order valence-corrected chi connectivity index (χ0v) is 8.72. The Morgan fingerprint density at radius 1 is 1.46 bits per heavy atom. The van der Waals surface area contributed by atoms with Crippen molar-refractivity contribution in [3.8, 4) is 0 Å². The van der Waals surface area contributed by atoms with E-state index in [1.54, 1.807) is 13.8 Å². The first-order valence-corrected chi connectivity index (χ1v) is 4.87. The maximum absolute atomic E-state index is 12.6. The fraction of sp³-hybridized carbons (Fsp3) is 0.900. The zero-order valence-electron chi connectivity index (χ0n) is 8.72.